The van der Waals surface area contributed by atoms with Gasteiger partial charge in [-0.25, -0.2) is 16.2 Å². The monoisotopic (exact) mass is 396 g/mol. The lowest BCUT2D eigenvalue weighted by atomic mass is 10.1. The molecule has 0 spiro atoms. The fourth-order valence-electron chi connectivity index (χ4n) is 2.44. The molecule has 0 aliphatic rings. The summed E-state index contributed by atoms with van der Waals surface area (Å²) in [5.41, 5.74) is 1.95. The largest absolute Gasteiger partial charge is 0.467 e. The molecule has 1 N–H and O–H groups in total. The molecule has 1 amide bonds. The standard InChI is InChI=1S/C11H13NO3.C11H11NO2/c1-15-11(14)10(12-8-13)7-9-5-3-2-4-6-9;1-12-10(11(13)14-2)8-9-6-4-3-5-7-9/h2-6,8,10H,7H2,1H3,(H,12,13);3-7,10H,8H2,2H3. The van der Waals surface area contributed by atoms with Crippen molar-refractivity contribution in [2.45, 2.75) is 24.9 Å². The summed E-state index contributed by atoms with van der Waals surface area (Å²) in [4.78, 5) is 35.9. The third kappa shape index (κ3) is 8.71. The number of carbonyl (C=O) groups excluding carboxylic acids is 3. The molecule has 0 bridgehead atoms. The first kappa shape index (κ1) is 23.4. The molecule has 2 aromatic rings. The molecule has 0 radical (unpaired) electrons. The summed E-state index contributed by atoms with van der Waals surface area (Å²) in [6.07, 6.45) is 1.35. The number of ether oxygens (including phenoxy) is 2. The lowest BCUT2D eigenvalue weighted by Crippen LogP contribution is -2.38. The van der Waals surface area contributed by atoms with Crippen molar-refractivity contribution in [3.05, 3.63) is 83.2 Å². The molecule has 7 nitrogen and oxygen atoms in total. The van der Waals surface area contributed by atoms with Gasteiger partial charge in [-0.05, 0) is 11.1 Å². The van der Waals surface area contributed by atoms with E-state index in [1.54, 1.807) is 0 Å². The van der Waals surface area contributed by atoms with Gasteiger partial charge in [-0.2, -0.15) is 0 Å². The number of hydrogen-bond acceptors (Lipinski definition) is 5. The van der Waals surface area contributed by atoms with Crippen LogP contribution in [0, 0.1) is 6.57 Å². The zero-order chi connectivity index (χ0) is 21.5. The second-order valence-electron chi connectivity index (χ2n) is 5.91. The molecule has 152 valence electrons. The van der Waals surface area contributed by atoms with E-state index in [0.29, 0.717) is 19.3 Å². The van der Waals surface area contributed by atoms with E-state index in [9.17, 15) is 14.4 Å². The van der Waals surface area contributed by atoms with Crippen LogP contribution in [0.2, 0.25) is 0 Å². The van der Waals surface area contributed by atoms with Gasteiger partial charge >= 0.3 is 18.0 Å². The summed E-state index contributed by atoms with van der Waals surface area (Å²) < 4.78 is 9.10. The molecule has 2 atom stereocenters. The smallest absolute Gasteiger partial charge is 0.390 e. The third-order valence-corrected chi connectivity index (χ3v) is 3.94. The SMILES string of the molecule is COC(=O)C(Cc1ccccc1)NC=O.[C-]#[N+]C(Cc1ccccc1)C(=O)OC. The molecule has 0 fully saturated rings. The molecular formula is C22H24N2O5. The minimum Gasteiger partial charge on any atom is -0.467 e. The predicted molar refractivity (Wildman–Crippen MR) is 108 cm³/mol. The highest BCUT2D eigenvalue weighted by molar-refractivity contribution is 5.78. The lowest BCUT2D eigenvalue weighted by Gasteiger charge is -2.13. The number of benzene rings is 2. The number of amides is 1. The van der Waals surface area contributed by atoms with Crippen LogP contribution in [0.3, 0.4) is 0 Å². The Morgan fingerprint density at radius 2 is 1.41 bits per heavy atom. The summed E-state index contributed by atoms with van der Waals surface area (Å²) in [5.74, 6) is -0.908. The number of esters is 2. The summed E-state index contributed by atoms with van der Waals surface area (Å²) in [7, 11) is 2.60. The van der Waals surface area contributed by atoms with E-state index in [2.05, 4.69) is 19.6 Å². The molecule has 0 aromatic heterocycles. The van der Waals surface area contributed by atoms with Crippen LogP contribution in [0.15, 0.2) is 60.7 Å². The molecule has 7 heteroatoms. The van der Waals surface area contributed by atoms with E-state index in [1.165, 1.54) is 14.2 Å². The minimum absolute atomic E-state index is 0.414. The number of methoxy groups -OCH3 is 2. The van der Waals surface area contributed by atoms with Gasteiger partial charge in [0.2, 0.25) is 6.41 Å². The molecule has 29 heavy (non-hydrogen) atoms. The highest BCUT2D eigenvalue weighted by atomic mass is 16.5. The van der Waals surface area contributed by atoms with Gasteiger partial charge < -0.3 is 19.6 Å². The molecule has 0 aliphatic carbocycles. The van der Waals surface area contributed by atoms with Crippen LogP contribution < -0.4 is 5.32 Å². The van der Waals surface area contributed by atoms with E-state index < -0.39 is 24.0 Å². The van der Waals surface area contributed by atoms with Gasteiger partial charge in [-0.15, -0.1) is 0 Å². The summed E-state index contributed by atoms with van der Waals surface area (Å²) in [6, 6.07) is 17.5. The Kier molecular flexibility index (Phi) is 10.9. The van der Waals surface area contributed by atoms with E-state index in [-0.39, 0.29) is 0 Å². The van der Waals surface area contributed by atoms with Crippen molar-refractivity contribution in [2.24, 2.45) is 0 Å². The van der Waals surface area contributed by atoms with Crippen molar-refractivity contribution in [2.75, 3.05) is 14.2 Å². The number of hydrogen-bond donors (Lipinski definition) is 1. The van der Waals surface area contributed by atoms with Crippen LogP contribution >= 0.6 is 0 Å². The average molecular weight is 396 g/mol. The molecule has 0 heterocycles. The average Bonchev–Trinajstić information content (AvgIpc) is 2.78. The molecule has 2 aromatic carbocycles. The zero-order valence-corrected chi connectivity index (χ0v) is 16.4. The fourth-order valence-corrected chi connectivity index (χ4v) is 2.44. The van der Waals surface area contributed by atoms with Crippen LogP contribution in [-0.2, 0) is 36.7 Å². The predicted octanol–water partition coefficient (Wildman–Crippen LogP) is 2.21. The van der Waals surface area contributed by atoms with Crippen LogP contribution in [0.5, 0.6) is 0 Å². The van der Waals surface area contributed by atoms with Crippen LogP contribution in [0.1, 0.15) is 11.1 Å². The summed E-state index contributed by atoms with van der Waals surface area (Å²) in [6.45, 7) is 6.87. The maximum Gasteiger partial charge on any atom is 0.390 e. The van der Waals surface area contributed by atoms with Crippen molar-refractivity contribution in [1.82, 2.24) is 5.32 Å². The maximum absolute atomic E-state index is 11.3. The first-order valence-electron chi connectivity index (χ1n) is 8.85. The van der Waals surface area contributed by atoms with Gasteiger partial charge in [0.1, 0.15) is 6.04 Å². The molecule has 2 rings (SSSR count). The molecular weight excluding hydrogens is 372 g/mol. The highest BCUT2D eigenvalue weighted by Gasteiger charge is 2.24. The number of rotatable bonds is 8. The Hall–Kier alpha value is -3.66. The number of nitrogens with one attached hydrogen (secondary N) is 1. The second kappa shape index (κ2) is 13.5. The number of nitrogens with zero attached hydrogens (tertiary/aromatic N) is 1. The Balaban J connectivity index is 0.000000291. The normalized spacial score (nSPS) is 11.5. The highest BCUT2D eigenvalue weighted by Crippen LogP contribution is 2.07. The van der Waals surface area contributed by atoms with Gasteiger partial charge in [0, 0.05) is 6.42 Å². The maximum atomic E-state index is 11.3. The zero-order valence-electron chi connectivity index (χ0n) is 16.4. The van der Waals surface area contributed by atoms with Gasteiger partial charge in [-0.3, -0.25) is 4.79 Å². The Morgan fingerprint density at radius 1 is 0.931 bits per heavy atom. The number of carbonyl (C=O) groups is 3. The van der Waals surface area contributed by atoms with Crippen molar-refractivity contribution in [3.8, 4) is 0 Å². The molecule has 2 unspecified atom stereocenters. The third-order valence-electron chi connectivity index (χ3n) is 3.94. The Morgan fingerprint density at radius 3 is 1.83 bits per heavy atom. The lowest BCUT2D eigenvalue weighted by molar-refractivity contribution is -0.144. The van der Waals surface area contributed by atoms with Crippen molar-refractivity contribution >= 4 is 18.3 Å². The van der Waals surface area contributed by atoms with Gasteiger partial charge in [0.25, 0.3) is 0 Å². The van der Waals surface area contributed by atoms with Gasteiger partial charge in [0.15, 0.2) is 0 Å². The van der Waals surface area contributed by atoms with E-state index >= 15 is 0 Å². The van der Waals surface area contributed by atoms with Crippen molar-refractivity contribution < 1.29 is 23.9 Å². The Bertz CT molecular complexity index is 803. The van der Waals surface area contributed by atoms with E-state index in [4.69, 9.17) is 6.57 Å². The van der Waals surface area contributed by atoms with Crippen LogP contribution in [0.25, 0.3) is 4.85 Å². The topological polar surface area (TPSA) is 86.1 Å². The molecule has 0 aliphatic heterocycles. The van der Waals surface area contributed by atoms with Crippen molar-refractivity contribution in [1.29, 1.82) is 0 Å². The fraction of sp³-hybridized carbons (Fsp3) is 0.273. The second-order valence-corrected chi connectivity index (χ2v) is 5.91. The van der Waals surface area contributed by atoms with Gasteiger partial charge in [0.05, 0.1) is 20.6 Å². The van der Waals surface area contributed by atoms with E-state index in [1.807, 2.05) is 60.7 Å². The minimum atomic E-state index is -0.720. The first-order valence-corrected chi connectivity index (χ1v) is 8.85. The summed E-state index contributed by atoms with van der Waals surface area (Å²) >= 11 is 0. The summed E-state index contributed by atoms with van der Waals surface area (Å²) in [5, 5.41) is 2.43. The molecule has 0 saturated carbocycles. The first-order chi connectivity index (χ1) is 14.0. The van der Waals surface area contributed by atoms with E-state index in [0.717, 1.165) is 11.1 Å². The van der Waals surface area contributed by atoms with Crippen LogP contribution in [-0.4, -0.2) is 44.7 Å². The quantitative estimate of drug-likeness (QED) is 0.420. The Labute approximate surface area is 170 Å². The van der Waals surface area contributed by atoms with Gasteiger partial charge in [-0.1, -0.05) is 60.7 Å². The van der Waals surface area contributed by atoms with Crippen LogP contribution in [0.4, 0.5) is 0 Å². The van der Waals surface area contributed by atoms with Crippen molar-refractivity contribution in [3.63, 3.8) is 0 Å². The molecule has 0 saturated heterocycles.